The average molecular weight is 87.2 g/mol. The molecule has 0 nitrogen and oxygen atoms in total. The van der Waals surface area contributed by atoms with Crippen LogP contribution in [0.5, 0.6) is 0 Å². The molecule has 0 aliphatic heterocycles. The van der Waals surface area contributed by atoms with Crippen molar-refractivity contribution in [3.63, 3.8) is 0 Å². The van der Waals surface area contributed by atoms with Crippen LogP contribution < -0.4 is 0 Å². The molecule has 0 unspecified atom stereocenters. The second-order valence-electron chi connectivity index (χ2n) is 0.500. The molecule has 0 saturated carbocycles. The van der Waals surface area contributed by atoms with E-state index in [9.17, 15) is 0 Å². The topological polar surface area (TPSA) is 0 Å². The fraction of sp³-hybridized carbons (Fsp3) is 0.500. The van der Waals surface area contributed by atoms with Gasteiger partial charge in [-0.3, -0.25) is 0 Å². The minimum atomic E-state index is 0. The molecule has 6 heavy (non-hydrogen) atoms. The van der Waals surface area contributed by atoms with E-state index in [1.165, 1.54) is 0 Å². The minimum absolute atomic E-state index is 0. The maximum atomic E-state index is 3.49. The van der Waals surface area contributed by atoms with E-state index in [-0.39, 0.29) is 7.43 Å². The Labute approximate surface area is 42.6 Å². The maximum absolute atomic E-state index is 3.49. The molecule has 0 heteroatoms. The van der Waals surface area contributed by atoms with E-state index in [1.54, 1.807) is 6.92 Å². The van der Waals surface area contributed by atoms with Crippen LogP contribution in [0.4, 0.5) is 0 Å². The Kier molecular flexibility index (Phi) is 222. The van der Waals surface area contributed by atoms with Crippen LogP contribution in [-0.4, -0.2) is 0 Å². The summed E-state index contributed by atoms with van der Waals surface area (Å²) in [5.74, 6) is 0. The molecular formula is C6H15. The van der Waals surface area contributed by atoms with Crippen molar-refractivity contribution in [2.24, 2.45) is 0 Å². The van der Waals surface area contributed by atoms with Crippen LogP contribution in [0.2, 0.25) is 0 Å². The van der Waals surface area contributed by atoms with E-state index in [1.807, 2.05) is 6.92 Å². The first-order valence-corrected chi connectivity index (χ1v) is 1.91. The Balaban J connectivity index is -0.0000000275. The van der Waals surface area contributed by atoms with Crippen molar-refractivity contribution < 1.29 is 0 Å². The molecule has 0 fully saturated rings. The van der Waals surface area contributed by atoms with Gasteiger partial charge in [-0.15, -0.1) is 0 Å². The van der Waals surface area contributed by atoms with Gasteiger partial charge in [-0.25, -0.2) is 0 Å². The van der Waals surface area contributed by atoms with E-state index < -0.39 is 0 Å². The molecule has 0 spiro atoms. The van der Waals surface area contributed by atoms with Gasteiger partial charge in [0, 0.05) is 0 Å². The normalized spacial score (nSPS) is 4.00. The fourth-order valence-corrected chi connectivity index (χ4v) is 0. The Morgan fingerprint density at radius 3 is 1.33 bits per heavy atom. The molecule has 0 rings (SSSR count). The van der Waals surface area contributed by atoms with Crippen molar-refractivity contribution in [2.45, 2.75) is 20.3 Å². The van der Waals surface area contributed by atoms with Gasteiger partial charge in [0.1, 0.15) is 0 Å². The Morgan fingerprint density at radius 1 is 1.33 bits per heavy atom. The molecule has 0 aromatic carbocycles. The molecular weight excluding hydrogens is 72.1 g/mol. The zero-order chi connectivity index (χ0) is 4.71. The van der Waals surface area contributed by atoms with Gasteiger partial charge in [-0.05, 0) is 0 Å². The summed E-state index contributed by atoms with van der Waals surface area (Å²) >= 11 is 0. The van der Waals surface area contributed by atoms with Crippen LogP contribution in [0, 0.1) is 21.3 Å². The van der Waals surface area contributed by atoms with Gasteiger partial charge < -0.3 is 0 Å². The zero-order valence-corrected chi connectivity index (χ0v) is 5.12. The molecule has 0 atom stereocenters. The highest BCUT2D eigenvalue weighted by Crippen LogP contribution is 1.54. The third-order valence-electron chi connectivity index (χ3n) is 0. The van der Waals surface area contributed by atoms with E-state index >= 15 is 0 Å². The van der Waals surface area contributed by atoms with Crippen molar-refractivity contribution >= 4 is 0 Å². The summed E-state index contributed by atoms with van der Waals surface area (Å²) in [5, 5.41) is 0. The molecule has 0 aromatic heterocycles. The Hall–Kier alpha value is 0. The molecule has 0 aliphatic rings. The van der Waals surface area contributed by atoms with E-state index in [4.69, 9.17) is 0 Å². The molecule has 0 amide bonds. The summed E-state index contributed by atoms with van der Waals surface area (Å²) in [4.78, 5) is 0. The predicted octanol–water partition coefficient (Wildman–Crippen LogP) is 2.52. The van der Waals surface area contributed by atoms with Crippen molar-refractivity contribution in [1.29, 1.82) is 0 Å². The second kappa shape index (κ2) is 80.0. The van der Waals surface area contributed by atoms with Crippen molar-refractivity contribution in [2.75, 3.05) is 0 Å². The quantitative estimate of drug-likeness (QED) is 0.426. The van der Waals surface area contributed by atoms with Crippen LogP contribution in [0.15, 0.2) is 0 Å². The summed E-state index contributed by atoms with van der Waals surface area (Å²) in [6.45, 7) is 10.5. The summed E-state index contributed by atoms with van der Waals surface area (Å²) in [7, 11) is 0. The van der Waals surface area contributed by atoms with E-state index in [0.717, 1.165) is 6.42 Å². The lowest BCUT2D eigenvalue weighted by Gasteiger charge is -1.47. The van der Waals surface area contributed by atoms with Crippen LogP contribution in [0.3, 0.4) is 0 Å². The van der Waals surface area contributed by atoms with Crippen LogP contribution in [-0.2, 0) is 0 Å². The van der Waals surface area contributed by atoms with E-state index in [0.29, 0.717) is 0 Å². The van der Waals surface area contributed by atoms with Gasteiger partial charge in [0.15, 0.2) is 0 Å². The van der Waals surface area contributed by atoms with Crippen LogP contribution in [0.1, 0.15) is 20.3 Å². The first kappa shape index (κ1) is 16.7. The van der Waals surface area contributed by atoms with E-state index in [2.05, 4.69) is 13.8 Å². The summed E-state index contributed by atoms with van der Waals surface area (Å²) in [5.41, 5.74) is 0. The van der Waals surface area contributed by atoms with Gasteiger partial charge in [0.25, 0.3) is 0 Å². The summed E-state index contributed by atoms with van der Waals surface area (Å²) in [6.07, 6.45) is 1.00. The lowest BCUT2D eigenvalue weighted by Crippen LogP contribution is -1.29. The fourth-order valence-electron chi connectivity index (χ4n) is 0. The van der Waals surface area contributed by atoms with Gasteiger partial charge >= 0.3 is 0 Å². The highest BCUT2D eigenvalue weighted by atomic mass is 13.4. The molecule has 0 saturated heterocycles. The molecule has 39 valence electrons. The first-order chi connectivity index (χ1) is 2.41. The highest BCUT2D eigenvalue weighted by Gasteiger charge is 1.36. The molecule has 0 heterocycles. The van der Waals surface area contributed by atoms with Crippen molar-refractivity contribution in [3.8, 4) is 0 Å². The highest BCUT2D eigenvalue weighted by molar-refractivity contribution is 4.18. The third kappa shape index (κ3) is 0. The predicted molar refractivity (Wildman–Crippen MR) is 33.1 cm³/mol. The lowest BCUT2D eigenvalue weighted by molar-refractivity contribution is 1.23. The zero-order valence-electron chi connectivity index (χ0n) is 5.12. The van der Waals surface area contributed by atoms with Crippen LogP contribution in [0.25, 0.3) is 0 Å². The SMILES string of the molecule is [CH2]C.[CH2]CC.[CH3]. The van der Waals surface area contributed by atoms with Crippen molar-refractivity contribution in [3.05, 3.63) is 21.3 Å². The molecule has 0 aromatic rings. The molecule has 0 aliphatic carbocycles. The van der Waals surface area contributed by atoms with Crippen LogP contribution >= 0.6 is 0 Å². The number of hydrogen-bond donors (Lipinski definition) is 0. The lowest BCUT2D eigenvalue weighted by atomic mass is 10.6. The Bertz CT molecular complexity index is 0. The number of hydrogen-bond acceptors (Lipinski definition) is 0. The molecule has 3 radical (unpaired) electrons. The third-order valence-corrected chi connectivity index (χ3v) is 0. The van der Waals surface area contributed by atoms with Gasteiger partial charge in [-0.2, -0.15) is 0 Å². The van der Waals surface area contributed by atoms with Gasteiger partial charge in [0.05, 0.1) is 0 Å². The average Bonchev–Trinajstić information content (AvgIpc) is 1.46. The Morgan fingerprint density at radius 2 is 1.33 bits per heavy atom. The standard InChI is InChI=1S/C3H7.C2H5.CH3/c1-3-2;1-2;/h1,3H2,2H3;1H2,2H3;1H3. The summed E-state index contributed by atoms with van der Waals surface area (Å²) in [6, 6.07) is 0. The van der Waals surface area contributed by atoms with Gasteiger partial charge in [-0.1, -0.05) is 41.5 Å². The largest absolute Gasteiger partial charge is 0.0683 e. The molecule has 0 N–H and O–H groups in total. The maximum Gasteiger partial charge on any atom is -0.0536 e. The van der Waals surface area contributed by atoms with Crippen molar-refractivity contribution in [1.82, 2.24) is 0 Å². The molecule has 0 bridgehead atoms. The number of rotatable bonds is 0. The minimum Gasteiger partial charge on any atom is -0.0683 e. The smallest absolute Gasteiger partial charge is 0.0536 e. The second-order valence-corrected chi connectivity index (χ2v) is 0.500. The van der Waals surface area contributed by atoms with Gasteiger partial charge in [0.2, 0.25) is 0 Å². The monoisotopic (exact) mass is 87.1 g/mol. The first-order valence-electron chi connectivity index (χ1n) is 1.91. The summed E-state index contributed by atoms with van der Waals surface area (Å²) < 4.78 is 0.